The van der Waals surface area contributed by atoms with Crippen LogP contribution < -0.4 is 10.2 Å². The van der Waals surface area contributed by atoms with Gasteiger partial charge in [-0.3, -0.25) is 10.5 Å². The normalized spacial score (nSPS) is 11.1. The molecule has 4 rings (SSSR count). The van der Waals surface area contributed by atoms with Crippen LogP contribution >= 0.6 is 23.1 Å². The lowest BCUT2D eigenvalue weighted by atomic mass is 10.1. The first-order chi connectivity index (χ1) is 14.7. The third kappa shape index (κ3) is 5.05. The molecule has 2 N–H and O–H groups in total. The summed E-state index contributed by atoms with van der Waals surface area (Å²) >= 11 is 3.07. The van der Waals surface area contributed by atoms with E-state index < -0.39 is 0 Å². The molecule has 4 aromatic rings. The number of aromatic amines is 1. The summed E-state index contributed by atoms with van der Waals surface area (Å²) in [5, 5.41) is 14.8. The molecule has 152 valence electrons. The van der Waals surface area contributed by atoms with E-state index in [1.165, 1.54) is 11.3 Å². The summed E-state index contributed by atoms with van der Waals surface area (Å²) in [7, 11) is 1.67. The summed E-state index contributed by atoms with van der Waals surface area (Å²) in [4.78, 5) is 8.90. The Bertz CT molecular complexity index is 1140. The maximum Gasteiger partial charge on any atom is 0.208 e. The molecule has 0 bridgehead atoms. The number of nitrogens with zero attached hydrogens (tertiary/aromatic N) is 4. The van der Waals surface area contributed by atoms with Gasteiger partial charge in [-0.05, 0) is 30.7 Å². The summed E-state index contributed by atoms with van der Waals surface area (Å²) in [6, 6.07) is 16.0. The summed E-state index contributed by atoms with van der Waals surface area (Å²) in [5.74, 6) is 2.32. The fourth-order valence-corrected chi connectivity index (χ4v) is 4.24. The van der Waals surface area contributed by atoms with Gasteiger partial charge in [-0.1, -0.05) is 42.1 Å². The van der Waals surface area contributed by atoms with Crippen LogP contribution in [-0.4, -0.2) is 33.5 Å². The van der Waals surface area contributed by atoms with Crippen molar-refractivity contribution in [3.8, 4) is 17.0 Å². The van der Waals surface area contributed by atoms with Crippen molar-refractivity contribution in [3.63, 3.8) is 0 Å². The monoisotopic (exact) mass is 436 g/mol. The maximum atomic E-state index is 5.48. The number of thiazole rings is 1. The molecule has 0 amide bonds. The van der Waals surface area contributed by atoms with E-state index in [1.807, 2.05) is 60.8 Å². The van der Waals surface area contributed by atoms with E-state index in [2.05, 4.69) is 30.7 Å². The van der Waals surface area contributed by atoms with E-state index in [0.29, 0.717) is 10.9 Å². The number of anilines is 1. The molecule has 0 spiro atoms. The number of thioether (sulfide) groups is 1. The molecular formula is C21H20N6OS2. The van der Waals surface area contributed by atoms with Crippen molar-refractivity contribution < 1.29 is 4.74 Å². The Morgan fingerprint density at radius 2 is 2.07 bits per heavy atom. The van der Waals surface area contributed by atoms with Crippen LogP contribution in [0.5, 0.6) is 5.75 Å². The van der Waals surface area contributed by atoms with Crippen molar-refractivity contribution in [3.05, 3.63) is 70.9 Å². The quantitative estimate of drug-likeness (QED) is 0.230. The second-order valence-electron chi connectivity index (χ2n) is 6.34. The highest BCUT2D eigenvalue weighted by molar-refractivity contribution is 7.98. The molecule has 9 heteroatoms. The zero-order valence-corrected chi connectivity index (χ0v) is 18.1. The number of hydrogen-bond acceptors (Lipinski definition) is 8. The first-order valence-corrected chi connectivity index (χ1v) is 11.1. The van der Waals surface area contributed by atoms with Gasteiger partial charge in [0.2, 0.25) is 10.3 Å². The Hall–Kier alpha value is -3.17. The topological polar surface area (TPSA) is 88.1 Å². The van der Waals surface area contributed by atoms with Crippen LogP contribution in [-0.2, 0) is 5.75 Å². The SMILES string of the molecule is COc1ccc(C=NNc2nc(-c3ccccc3)cs2)cc1CSc1n[nH]c(C)n1. The van der Waals surface area contributed by atoms with Crippen molar-refractivity contribution in [2.24, 2.45) is 5.10 Å². The molecule has 0 radical (unpaired) electrons. The van der Waals surface area contributed by atoms with E-state index in [0.717, 1.165) is 39.1 Å². The molecule has 2 aromatic carbocycles. The summed E-state index contributed by atoms with van der Waals surface area (Å²) in [6.07, 6.45) is 1.77. The van der Waals surface area contributed by atoms with Gasteiger partial charge in [-0.25, -0.2) is 9.97 Å². The average Bonchev–Trinajstić information content (AvgIpc) is 3.42. The lowest BCUT2D eigenvalue weighted by molar-refractivity contribution is 0.411. The van der Waals surface area contributed by atoms with Crippen molar-refractivity contribution in [1.82, 2.24) is 20.2 Å². The highest BCUT2D eigenvalue weighted by atomic mass is 32.2. The molecule has 2 heterocycles. The van der Waals surface area contributed by atoms with E-state index in [-0.39, 0.29) is 0 Å². The van der Waals surface area contributed by atoms with E-state index >= 15 is 0 Å². The van der Waals surface area contributed by atoms with Gasteiger partial charge in [0, 0.05) is 22.3 Å². The number of rotatable bonds is 8. The van der Waals surface area contributed by atoms with Crippen LogP contribution in [0.4, 0.5) is 5.13 Å². The molecule has 2 aromatic heterocycles. The number of aromatic nitrogens is 4. The molecule has 0 saturated carbocycles. The first kappa shape index (κ1) is 20.1. The van der Waals surface area contributed by atoms with E-state index in [1.54, 1.807) is 25.1 Å². The zero-order chi connectivity index (χ0) is 20.8. The van der Waals surface area contributed by atoms with Crippen LogP contribution in [0.2, 0.25) is 0 Å². The number of aryl methyl sites for hydroxylation is 1. The van der Waals surface area contributed by atoms with Gasteiger partial charge in [-0.15, -0.1) is 16.4 Å². The van der Waals surface area contributed by atoms with Gasteiger partial charge in [0.15, 0.2) is 0 Å². The molecule has 30 heavy (non-hydrogen) atoms. The predicted octanol–water partition coefficient (Wildman–Crippen LogP) is 4.98. The molecule has 0 unspecified atom stereocenters. The first-order valence-electron chi connectivity index (χ1n) is 9.20. The van der Waals surface area contributed by atoms with Gasteiger partial charge in [0.1, 0.15) is 11.6 Å². The van der Waals surface area contributed by atoms with Gasteiger partial charge in [0.25, 0.3) is 0 Å². The summed E-state index contributed by atoms with van der Waals surface area (Å²) in [5.41, 5.74) is 7.04. The highest BCUT2D eigenvalue weighted by Gasteiger charge is 2.08. The second-order valence-corrected chi connectivity index (χ2v) is 8.14. The van der Waals surface area contributed by atoms with Crippen LogP contribution in [0, 0.1) is 6.92 Å². The largest absolute Gasteiger partial charge is 0.496 e. The number of methoxy groups -OCH3 is 1. The summed E-state index contributed by atoms with van der Waals surface area (Å²) < 4.78 is 5.48. The van der Waals surface area contributed by atoms with E-state index in [4.69, 9.17) is 4.74 Å². The molecule has 0 fully saturated rings. The lowest BCUT2D eigenvalue weighted by Gasteiger charge is -2.08. The van der Waals surface area contributed by atoms with Gasteiger partial charge >= 0.3 is 0 Å². The van der Waals surface area contributed by atoms with Crippen molar-refractivity contribution in [1.29, 1.82) is 0 Å². The third-order valence-corrected chi connectivity index (χ3v) is 5.83. The number of hydrogen-bond donors (Lipinski definition) is 2. The number of ether oxygens (including phenoxy) is 1. The molecule has 0 saturated heterocycles. The molecule has 7 nitrogen and oxygen atoms in total. The van der Waals surface area contributed by atoms with Crippen molar-refractivity contribution in [2.75, 3.05) is 12.5 Å². The Balaban J connectivity index is 1.41. The fourth-order valence-electron chi connectivity index (χ4n) is 2.75. The lowest BCUT2D eigenvalue weighted by Crippen LogP contribution is -1.95. The highest BCUT2D eigenvalue weighted by Crippen LogP contribution is 2.27. The smallest absolute Gasteiger partial charge is 0.208 e. The number of H-pyrrole nitrogens is 1. The minimum Gasteiger partial charge on any atom is -0.496 e. The van der Waals surface area contributed by atoms with Crippen LogP contribution in [0.1, 0.15) is 17.0 Å². The number of nitrogens with one attached hydrogen (secondary N) is 2. The van der Waals surface area contributed by atoms with Crippen molar-refractivity contribution in [2.45, 2.75) is 17.8 Å². The Kier molecular flexibility index (Phi) is 6.41. The fraction of sp³-hybridized carbons (Fsp3) is 0.143. The second kappa shape index (κ2) is 9.55. The zero-order valence-electron chi connectivity index (χ0n) is 16.5. The van der Waals surface area contributed by atoms with Crippen LogP contribution in [0.25, 0.3) is 11.3 Å². The minimum atomic E-state index is 0.697. The maximum absolute atomic E-state index is 5.48. The van der Waals surface area contributed by atoms with E-state index in [9.17, 15) is 0 Å². The van der Waals surface area contributed by atoms with Gasteiger partial charge in [0.05, 0.1) is 19.0 Å². The van der Waals surface area contributed by atoms with Crippen LogP contribution in [0.3, 0.4) is 0 Å². The Morgan fingerprint density at radius 3 is 2.83 bits per heavy atom. The third-order valence-electron chi connectivity index (χ3n) is 4.19. The molecule has 0 aliphatic rings. The molecular weight excluding hydrogens is 416 g/mol. The standard InChI is InChI=1S/C21H20N6OS2/c1-14-23-20(27-25-14)29-12-17-10-15(8-9-19(17)28-2)11-22-26-21-24-18(13-30-21)16-6-4-3-5-7-16/h3-11,13H,12H2,1-2H3,(H,24,26)(H,23,25,27). The number of benzene rings is 2. The molecule has 0 aliphatic heterocycles. The van der Waals surface area contributed by atoms with Gasteiger partial charge in [-0.2, -0.15) is 5.10 Å². The Labute approximate surface area is 182 Å². The average molecular weight is 437 g/mol. The Morgan fingerprint density at radius 1 is 1.20 bits per heavy atom. The predicted molar refractivity (Wildman–Crippen MR) is 122 cm³/mol. The minimum absolute atomic E-state index is 0.697. The molecule has 0 atom stereocenters. The molecule has 0 aliphatic carbocycles. The van der Waals surface area contributed by atoms with Crippen LogP contribution in [0.15, 0.2) is 64.2 Å². The van der Waals surface area contributed by atoms with Crippen molar-refractivity contribution >= 4 is 34.4 Å². The summed E-state index contributed by atoms with van der Waals surface area (Å²) in [6.45, 7) is 1.88. The van der Waals surface area contributed by atoms with Gasteiger partial charge < -0.3 is 4.74 Å². The number of hydrazone groups is 1.